The summed E-state index contributed by atoms with van der Waals surface area (Å²) < 4.78 is 5.79. The standard InChI is InChI=1S/C16H17NO2/c1-17-16(18)11-14-9-5-6-10-15(14)19-12-13-7-3-2-4-8-13/h2-10H,11-12H2,1H3,(H,17,18). The summed E-state index contributed by atoms with van der Waals surface area (Å²) >= 11 is 0. The summed E-state index contributed by atoms with van der Waals surface area (Å²) in [4.78, 5) is 11.4. The zero-order chi connectivity index (χ0) is 13.5. The number of para-hydroxylation sites is 1. The molecule has 3 nitrogen and oxygen atoms in total. The zero-order valence-corrected chi connectivity index (χ0v) is 10.9. The third-order valence-corrected chi connectivity index (χ3v) is 2.84. The average molecular weight is 255 g/mol. The highest BCUT2D eigenvalue weighted by atomic mass is 16.5. The molecule has 19 heavy (non-hydrogen) atoms. The SMILES string of the molecule is CNC(=O)Cc1ccccc1OCc1ccccc1. The number of hydrogen-bond donors (Lipinski definition) is 1. The van der Waals surface area contributed by atoms with Gasteiger partial charge in [0.15, 0.2) is 0 Å². The zero-order valence-electron chi connectivity index (χ0n) is 10.9. The first-order valence-corrected chi connectivity index (χ1v) is 6.25. The number of carbonyl (C=O) groups excluding carboxylic acids is 1. The number of ether oxygens (including phenoxy) is 1. The van der Waals surface area contributed by atoms with Gasteiger partial charge in [-0.2, -0.15) is 0 Å². The van der Waals surface area contributed by atoms with Crippen LogP contribution in [0.5, 0.6) is 5.75 Å². The van der Waals surface area contributed by atoms with Crippen LogP contribution in [0.15, 0.2) is 54.6 Å². The second-order valence-electron chi connectivity index (χ2n) is 4.23. The summed E-state index contributed by atoms with van der Waals surface area (Å²) in [5.41, 5.74) is 2.01. The minimum atomic E-state index is -0.0178. The van der Waals surface area contributed by atoms with Gasteiger partial charge in [-0.1, -0.05) is 48.5 Å². The van der Waals surface area contributed by atoms with Crippen LogP contribution in [0.2, 0.25) is 0 Å². The lowest BCUT2D eigenvalue weighted by molar-refractivity contribution is -0.119. The van der Waals surface area contributed by atoms with Crippen molar-refractivity contribution in [2.75, 3.05) is 7.05 Å². The van der Waals surface area contributed by atoms with Crippen molar-refractivity contribution in [3.63, 3.8) is 0 Å². The second kappa shape index (κ2) is 6.59. The van der Waals surface area contributed by atoms with Crippen molar-refractivity contribution < 1.29 is 9.53 Å². The number of likely N-dealkylation sites (N-methyl/N-ethyl adjacent to an activating group) is 1. The van der Waals surface area contributed by atoms with Crippen molar-refractivity contribution in [3.8, 4) is 5.75 Å². The van der Waals surface area contributed by atoms with Crippen molar-refractivity contribution in [1.82, 2.24) is 5.32 Å². The molecule has 2 aromatic carbocycles. The highest BCUT2D eigenvalue weighted by Crippen LogP contribution is 2.19. The largest absolute Gasteiger partial charge is 0.489 e. The third kappa shape index (κ3) is 3.85. The van der Waals surface area contributed by atoms with Crippen molar-refractivity contribution in [2.24, 2.45) is 0 Å². The van der Waals surface area contributed by atoms with Crippen LogP contribution in [0.3, 0.4) is 0 Å². The fourth-order valence-electron chi connectivity index (χ4n) is 1.79. The molecule has 2 aromatic rings. The molecule has 0 aromatic heterocycles. The Labute approximate surface area is 113 Å². The fraction of sp³-hybridized carbons (Fsp3) is 0.188. The van der Waals surface area contributed by atoms with E-state index in [4.69, 9.17) is 4.74 Å². The van der Waals surface area contributed by atoms with Gasteiger partial charge in [-0.25, -0.2) is 0 Å². The van der Waals surface area contributed by atoms with Crippen LogP contribution in [-0.4, -0.2) is 13.0 Å². The van der Waals surface area contributed by atoms with E-state index >= 15 is 0 Å². The van der Waals surface area contributed by atoms with Gasteiger partial charge in [0, 0.05) is 12.6 Å². The van der Waals surface area contributed by atoms with Crippen LogP contribution in [0, 0.1) is 0 Å². The molecule has 0 bridgehead atoms. The lowest BCUT2D eigenvalue weighted by Crippen LogP contribution is -2.20. The highest BCUT2D eigenvalue weighted by Gasteiger charge is 2.07. The smallest absolute Gasteiger partial charge is 0.224 e. The molecule has 1 amide bonds. The van der Waals surface area contributed by atoms with Crippen LogP contribution in [0.1, 0.15) is 11.1 Å². The third-order valence-electron chi connectivity index (χ3n) is 2.84. The van der Waals surface area contributed by atoms with E-state index in [0.717, 1.165) is 16.9 Å². The van der Waals surface area contributed by atoms with Crippen LogP contribution in [0.4, 0.5) is 0 Å². The first-order valence-electron chi connectivity index (χ1n) is 6.25. The Morgan fingerprint density at radius 3 is 2.47 bits per heavy atom. The van der Waals surface area contributed by atoms with Crippen LogP contribution < -0.4 is 10.1 Å². The Kier molecular flexibility index (Phi) is 4.56. The van der Waals surface area contributed by atoms with Gasteiger partial charge in [0.2, 0.25) is 5.91 Å². The quantitative estimate of drug-likeness (QED) is 0.891. The predicted octanol–water partition coefficient (Wildman–Crippen LogP) is 2.55. The first kappa shape index (κ1) is 13.1. The van der Waals surface area contributed by atoms with Gasteiger partial charge in [-0.05, 0) is 11.6 Å². The van der Waals surface area contributed by atoms with E-state index in [9.17, 15) is 4.79 Å². The van der Waals surface area contributed by atoms with E-state index in [1.165, 1.54) is 0 Å². The Balaban J connectivity index is 2.05. The van der Waals surface area contributed by atoms with Gasteiger partial charge in [-0.3, -0.25) is 4.79 Å². The van der Waals surface area contributed by atoms with Crippen LogP contribution >= 0.6 is 0 Å². The second-order valence-corrected chi connectivity index (χ2v) is 4.23. The van der Waals surface area contributed by atoms with E-state index in [-0.39, 0.29) is 5.91 Å². The lowest BCUT2D eigenvalue weighted by atomic mass is 10.1. The molecule has 0 unspecified atom stereocenters. The van der Waals surface area contributed by atoms with Crippen molar-refractivity contribution in [1.29, 1.82) is 0 Å². The van der Waals surface area contributed by atoms with Crippen LogP contribution in [-0.2, 0) is 17.8 Å². The molecule has 0 atom stereocenters. The minimum absolute atomic E-state index is 0.0178. The molecule has 0 aliphatic rings. The number of carbonyl (C=O) groups is 1. The Morgan fingerprint density at radius 2 is 1.74 bits per heavy atom. The maximum Gasteiger partial charge on any atom is 0.224 e. The predicted molar refractivity (Wildman–Crippen MR) is 75.0 cm³/mol. The van der Waals surface area contributed by atoms with E-state index in [2.05, 4.69) is 5.32 Å². The van der Waals surface area contributed by atoms with Crippen molar-refractivity contribution in [3.05, 3.63) is 65.7 Å². The molecule has 0 radical (unpaired) electrons. The average Bonchev–Trinajstić information content (AvgIpc) is 2.47. The molecule has 0 aliphatic heterocycles. The molecule has 0 heterocycles. The summed E-state index contributed by atoms with van der Waals surface area (Å²) in [5.74, 6) is 0.741. The Hall–Kier alpha value is -2.29. The van der Waals surface area contributed by atoms with Gasteiger partial charge >= 0.3 is 0 Å². The maximum absolute atomic E-state index is 11.4. The normalized spacial score (nSPS) is 9.95. The van der Waals surface area contributed by atoms with Gasteiger partial charge in [-0.15, -0.1) is 0 Å². The lowest BCUT2D eigenvalue weighted by Gasteiger charge is -2.11. The van der Waals surface area contributed by atoms with Crippen LogP contribution in [0.25, 0.3) is 0 Å². The number of nitrogens with one attached hydrogen (secondary N) is 1. The summed E-state index contributed by atoms with van der Waals surface area (Å²) in [7, 11) is 1.63. The van der Waals surface area contributed by atoms with Gasteiger partial charge < -0.3 is 10.1 Å². The molecule has 0 saturated heterocycles. The summed E-state index contributed by atoms with van der Waals surface area (Å²) in [6, 6.07) is 17.6. The number of hydrogen-bond acceptors (Lipinski definition) is 2. The molecule has 98 valence electrons. The molecule has 0 fully saturated rings. The molecule has 2 rings (SSSR count). The Morgan fingerprint density at radius 1 is 1.05 bits per heavy atom. The molecule has 3 heteroatoms. The van der Waals surface area contributed by atoms with E-state index in [1.54, 1.807) is 7.05 Å². The Bertz CT molecular complexity index is 537. The molecule has 0 spiro atoms. The fourth-order valence-corrected chi connectivity index (χ4v) is 1.79. The van der Waals surface area contributed by atoms with Crippen molar-refractivity contribution in [2.45, 2.75) is 13.0 Å². The van der Waals surface area contributed by atoms with E-state index < -0.39 is 0 Å². The number of amides is 1. The first-order chi connectivity index (χ1) is 9.29. The monoisotopic (exact) mass is 255 g/mol. The van der Waals surface area contributed by atoms with Gasteiger partial charge in [0.1, 0.15) is 12.4 Å². The topological polar surface area (TPSA) is 38.3 Å². The summed E-state index contributed by atoms with van der Waals surface area (Å²) in [6.45, 7) is 0.506. The summed E-state index contributed by atoms with van der Waals surface area (Å²) in [5, 5.41) is 2.62. The molecule has 0 aliphatic carbocycles. The van der Waals surface area contributed by atoms with Crippen molar-refractivity contribution >= 4 is 5.91 Å². The van der Waals surface area contributed by atoms with E-state index in [0.29, 0.717) is 13.0 Å². The molecule has 1 N–H and O–H groups in total. The minimum Gasteiger partial charge on any atom is -0.489 e. The summed E-state index contributed by atoms with van der Waals surface area (Å²) in [6.07, 6.45) is 0.335. The molecular weight excluding hydrogens is 238 g/mol. The number of benzene rings is 2. The van der Waals surface area contributed by atoms with E-state index in [1.807, 2.05) is 54.6 Å². The number of rotatable bonds is 5. The maximum atomic E-state index is 11.4. The highest BCUT2D eigenvalue weighted by molar-refractivity contribution is 5.78. The van der Waals surface area contributed by atoms with Gasteiger partial charge in [0.25, 0.3) is 0 Å². The molecular formula is C16H17NO2. The van der Waals surface area contributed by atoms with Gasteiger partial charge in [0.05, 0.1) is 6.42 Å². The molecule has 0 saturated carbocycles.